The van der Waals surface area contributed by atoms with E-state index >= 15 is 0 Å². The van der Waals surface area contributed by atoms with Crippen molar-refractivity contribution in [1.82, 2.24) is 10.3 Å². The average Bonchev–Trinajstić information content (AvgIpc) is 2.71. The normalized spacial score (nSPS) is 14.4. The van der Waals surface area contributed by atoms with Crippen molar-refractivity contribution in [2.75, 3.05) is 18.9 Å². The smallest absolute Gasteiger partial charge is 0.248 e. The molecular formula is C21H22FN5O. The summed E-state index contributed by atoms with van der Waals surface area (Å²) in [5, 5.41) is 5.81. The molecule has 0 aliphatic carbocycles. The van der Waals surface area contributed by atoms with Gasteiger partial charge in [-0.25, -0.2) is 4.39 Å². The summed E-state index contributed by atoms with van der Waals surface area (Å²) in [6, 6.07) is 4.97. The van der Waals surface area contributed by atoms with Crippen LogP contribution in [-0.4, -0.2) is 30.7 Å². The van der Waals surface area contributed by atoms with Crippen molar-refractivity contribution in [2.45, 2.75) is 13.0 Å². The van der Waals surface area contributed by atoms with Gasteiger partial charge in [-0.3, -0.25) is 14.8 Å². The Balaban J connectivity index is 1.78. The molecule has 7 heteroatoms. The number of benzene rings is 1. The fraction of sp³-hybridized carbons (Fsp3) is 0.190. The van der Waals surface area contributed by atoms with E-state index in [9.17, 15) is 9.18 Å². The number of allylic oxidation sites excluding steroid dienone is 1. The first-order valence-corrected chi connectivity index (χ1v) is 8.92. The van der Waals surface area contributed by atoms with Crippen molar-refractivity contribution >= 4 is 29.5 Å². The van der Waals surface area contributed by atoms with Gasteiger partial charge < -0.3 is 16.4 Å². The van der Waals surface area contributed by atoms with E-state index in [1.54, 1.807) is 43.9 Å². The molecule has 3 rings (SSSR count). The van der Waals surface area contributed by atoms with Crippen LogP contribution in [0.1, 0.15) is 22.3 Å². The number of amides is 1. The Labute approximate surface area is 163 Å². The lowest BCUT2D eigenvalue weighted by Crippen LogP contribution is -2.24. The third kappa shape index (κ3) is 4.50. The molecule has 6 nitrogen and oxygen atoms in total. The Morgan fingerprint density at radius 1 is 1.39 bits per heavy atom. The second-order valence-electron chi connectivity index (χ2n) is 6.32. The Hall–Kier alpha value is -3.32. The van der Waals surface area contributed by atoms with E-state index in [-0.39, 0.29) is 5.69 Å². The molecule has 144 valence electrons. The van der Waals surface area contributed by atoms with Crippen LogP contribution in [0.5, 0.6) is 0 Å². The number of carbonyl (C=O) groups excluding carboxylic acids is 1. The van der Waals surface area contributed by atoms with E-state index < -0.39 is 11.7 Å². The number of hydrogen-bond acceptors (Lipinski definition) is 5. The molecule has 0 spiro atoms. The number of nitrogens with one attached hydrogen (secondary N) is 2. The van der Waals surface area contributed by atoms with Gasteiger partial charge in [-0.2, -0.15) is 0 Å². The second-order valence-corrected chi connectivity index (χ2v) is 6.32. The highest BCUT2D eigenvalue weighted by Gasteiger charge is 2.14. The summed E-state index contributed by atoms with van der Waals surface area (Å²) >= 11 is 0. The summed E-state index contributed by atoms with van der Waals surface area (Å²) in [6.45, 7) is 1.48. The van der Waals surface area contributed by atoms with Gasteiger partial charge in [-0.05, 0) is 53.9 Å². The van der Waals surface area contributed by atoms with Crippen LogP contribution in [0.4, 0.5) is 10.1 Å². The van der Waals surface area contributed by atoms with Crippen LogP contribution in [0.15, 0.2) is 47.9 Å². The number of nitrogens with zero attached hydrogens (tertiary/aromatic N) is 2. The first-order chi connectivity index (χ1) is 13.6. The third-order valence-electron chi connectivity index (χ3n) is 4.46. The quantitative estimate of drug-likeness (QED) is 0.550. The Bertz CT molecular complexity index is 965. The lowest BCUT2D eigenvalue weighted by molar-refractivity contribution is -0.111. The van der Waals surface area contributed by atoms with Crippen LogP contribution in [0.2, 0.25) is 0 Å². The summed E-state index contributed by atoms with van der Waals surface area (Å²) in [7, 11) is 1.65. The Morgan fingerprint density at radius 2 is 2.25 bits per heavy atom. The highest BCUT2D eigenvalue weighted by molar-refractivity contribution is 6.11. The minimum absolute atomic E-state index is 0.183. The topological polar surface area (TPSA) is 92.4 Å². The molecule has 1 amide bonds. The van der Waals surface area contributed by atoms with Crippen molar-refractivity contribution in [3.8, 4) is 0 Å². The number of fused-ring (bicyclic) bond motifs is 1. The molecule has 0 radical (unpaired) electrons. The second kappa shape index (κ2) is 9.05. The molecule has 1 aliphatic rings. The van der Waals surface area contributed by atoms with Gasteiger partial charge in [0.15, 0.2) is 0 Å². The van der Waals surface area contributed by atoms with Gasteiger partial charge in [0.05, 0.1) is 5.69 Å². The van der Waals surface area contributed by atoms with Crippen LogP contribution in [0.25, 0.3) is 11.6 Å². The molecule has 2 heterocycles. The zero-order valence-corrected chi connectivity index (χ0v) is 15.6. The molecule has 1 aromatic carbocycles. The molecule has 0 saturated heterocycles. The number of hydrogen-bond donors (Lipinski definition) is 3. The Kier molecular flexibility index (Phi) is 6.29. The van der Waals surface area contributed by atoms with E-state index in [2.05, 4.69) is 20.6 Å². The number of anilines is 1. The van der Waals surface area contributed by atoms with Gasteiger partial charge in [0.25, 0.3) is 0 Å². The van der Waals surface area contributed by atoms with Gasteiger partial charge in [-0.1, -0.05) is 0 Å². The zero-order valence-electron chi connectivity index (χ0n) is 15.6. The predicted molar refractivity (Wildman–Crippen MR) is 110 cm³/mol. The number of pyridine rings is 1. The van der Waals surface area contributed by atoms with E-state index in [4.69, 9.17) is 5.73 Å². The monoisotopic (exact) mass is 379 g/mol. The summed E-state index contributed by atoms with van der Waals surface area (Å²) < 4.78 is 14.3. The lowest BCUT2D eigenvalue weighted by atomic mass is 10.00. The van der Waals surface area contributed by atoms with E-state index in [1.165, 1.54) is 18.3 Å². The Morgan fingerprint density at radius 3 is 3.04 bits per heavy atom. The minimum Gasteiger partial charge on any atom is -0.404 e. The average molecular weight is 379 g/mol. The van der Waals surface area contributed by atoms with Gasteiger partial charge in [0, 0.05) is 55.6 Å². The lowest BCUT2D eigenvalue weighted by Gasteiger charge is -2.18. The third-order valence-corrected chi connectivity index (χ3v) is 4.46. The van der Waals surface area contributed by atoms with Crippen LogP contribution in [0.3, 0.4) is 0 Å². The maximum absolute atomic E-state index is 14.3. The number of rotatable bonds is 5. The van der Waals surface area contributed by atoms with Crippen molar-refractivity contribution in [3.63, 3.8) is 0 Å². The number of aromatic nitrogens is 1. The maximum Gasteiger partial charge on any atom is 0.248 e. The predicted octanol–water partition coefficient (Wildman–Crippen LogP) is 2.52. The molecule has 0 unspecified atom stereocenters. The molecule has 1 aromatic heterocycles. The van der Waals surface area contributed by atoms with Gasteiger partial charge >= 0.3 is 0 Å². The van der Waals surface area contributed by atoms with Crippen molar-refractivity contribution in [1.29, 1.82) is 0 Å². The largest absolute Gasteiger partial charge is 0.404 e. The maximum atomic E-state index is 14.3. The number of carbonyl (C=O) groups is 1. The molecule has 2 aromatic rings. The van der Waals surface area contributed by atoms with Gasteiger partial charge in [-0.15, -0.1) is 0 Å². The van der Waals surface area contributed by atoms with Gasteiger partial charge in [0.1, 0.15) is 5.82 Å². The molecule has 0 atom stereocenters. The van der Waals surface area contributed by atoms with E-state index in [0.29, 0.717) is 17.7 Å². The van der Waals surface area contributed by atoms with E-state index in [1.807, 2.05) is 0 Å². The fourth-order valence-corrected chi connectivity index (χ4v) is 3.08. The van der Waals surface area contributed by atoms with Crippen LogP contribution in [-0.2, 0) is 17.8 Å². The molecule has 28 heavy (non-hydrogen) atoms. The number of aliphatic imine (C=N–C) groups is 1. The summed E-state index contributed by atoms with van der Waals surface area (Å²) in [5.41, 5.74) is 10.0. The number of halogens is 1. The van der Waals surface area contributed by atoms with Crippen molar-refractivity contribution in [2.24, 2.45) is 10.7 Å². The van der Waals surface area contributed by atoms with Crippen molar-refractivity contribution in [3.05, 3.63) is 70.9 Å². The molecule has 0 saturated carbocycles. The van der Waals surface area contributed by atoms with Crippen LogP contribution >= 0.6 is 0 Å². The molecule has 0 bridgehead atoms. The summed E-state index contributed by atoms with van der Waals surface area (Å²) in [6.07, 6.45) is 10.1. The molecule has 4 N–H and O–H groups in total. The molecule has 0 fully saturated rings. The van der Waals surface area contributed by atoms with Crippen molar-refractivity contribution < 1.29 is 9.18 Å². The minimum atomic E-state index is -0.446. The highest BCUT2D eigenvalue weighted by Crippen LogP contribution is 2.23. The SMILES string of the molecule is CN=CC(=CN)c1ccncc1/C=C/C(=O)Nc1cc2c(cc1F)CNCC2. The summed E-state index contributed by atoms with van der Waals surface area (Å²) in [5.74, 6) is -0.871. The first kappa shape index (κ1) is 19.4. The highest BCUT2D eigenvalue weighted by atomic mass is 19.1. The zero-order chi connectivity index (χ0) is 19.9. The fourth-order valence-electron chi connectivity index (χ4n) is 3.08. The van der Waals surface area contributed by atoms with Crippen LogP contribution in [0, 0.1) is 5.82 Å². The first-order valence-electron chi connectivity index (χ1n) is 8.92. The van der Waals surface area contributed by atoms with E-state index in [0.717, 1.165) is 29.7 Å². The number of nitrogens with two attached hydrogens (primary N) is 1. The van der Waals surface area contributed by atoms with Gasteiger partial charge in [0.2, 0.25) is 5.91 Å². The van der Waals surface area contributed by atoms with Crippen LogP contribution < -0.4 is 16.4 Å². The molecular weight excluding hydrogens is 357 g/mol. The summed E-state index contributed by atoms with van der Waals surface area (Å²) in [4.78, 5) is 20.4. The standard InChI is InChI=1S/C21H22FN5O/c1-24-11-17(10-23)18-5-7-26-12-15(18)2-3-21(28)27-20-9-14-4-6-25-13-16(14)8-19(20)22/h2-3,5,7-12,25H,4,6,13,23H2,1H3,(H,27,28)/b3-2+,17-10?,24-11?. The molecule has 1 aliphatic heterocycles.